The number of aromatic nitrogens is 3. The fraction of sp³-hybridized carbons (Fsp3) is 0.700. The Morgan fingerprint density at radius 2 is 1.89 bits per heavy atom. The summed E-state index contributed by atoms with van der Waals surface area (Å²) in [6.45, 7) is 1.42. The van der Waals surface area contributed by atoms with Gasteiger partial charge in [-0.15, -0.1) is 0 Å². The molecule has 0 saturated carbocycles. The van der Waals surface area contributed by atoms with Crippen molar-refractivity contribution in [2.45, 2.75) is 0 Å². The van der Waals surface area contributed by atoms with Gasteiger partial charge in [-0.25, -0.2) is 0 Å². The molecule has 0 bridgehead atoms. The third-order valence-electron chi connectivity index (χ3n) is 2.01. The first kappa shape index (κ1) is 14.4. The standard InChI is InChI=1S/C10H20N6O2/c1-11-8-13-9(12-4-6-18-7-5-17)15-10(14-8)16(2)3/h17H,4-7H2,1-3H3,(H2,11,12,13,14,15). The summed E-state index contributed by atoms with van der Waals surface area (Å²) >= 11 is 0. The molecule has 0 aliphatic rings. The maximum absolute atomic E-state index is 8.56. The van der Waals surface area contributed by atoms with E-state index in [-0.39, 0.29) is 6.61 Å². The van der Waals surface area contributed by atoms with E-state index >= 15 is 0 Å². The van der Waals surface area contributed by atoms with Gasteiger partial charge in [-0.3, -0.25) is 0 Å². The van der Waals surface area contributed by atoms with Crippen molar-refractivity contribution in [1.82, 2.24) is 15.0 Å². The van der Waals surface area contributed by atoms with Crippen LogP contribution in [0.3, 0.4) is 0 Å². The second kappa shape index (κ2) is 7.62. The largest absolute Gasteiger partial charge is 0.394 e. The number of hydrogen-bond donors (Lipinski definition) is 3. The monoisotopic (exact) mass is 256 g/mol. The molecule has 0 saturated heterocycles. The van der Waals surface area contributed by atoms with Crippen molar-refractivity contribution < 1.29 is 9.84 Å². The van der Waals surface area contributed by atoms with Crippen LogP contribution in [0, 0.1) is 0 Å². The van der Waals surface area contributed by atoms with Crippen LogP contribution in [0.15, 0.2) is 0 Å². The van der Waals surface area contributed by atoms with Crippen molar-refractivity contribution in [3.05, 3.63) is 0 Å². The molecule has 3 N–H and O–H groups in total. The Labute approximate surface area is 106 Å². The molecular formula is C10H20N6O2. The SMILES string of the molecule is CNc1nc(NCCOCCO)nc(N(C)C)n1. The van der Waals surface area contributed by atoms with Crippen molar-refractivity contribution >= 4 is 17.8 Å². The smallest absolute Gasteiger partial charge is 0.231 e. The maximum atomic E-state index is 8.56. The lowest BCUT2D eigenvalue weighted by Gasteiger charge is -2.13. The summed E-state index contributed by atoms with van der Waals surface area (Å²) in [4.78, 5) is 14.4. The summed E-state index contributed by atoms with van der Waals surface area (Å²) in [6, 6.07) is 0. The molecule has 1 rings (SSSR count). The average molecular weight is 256 g/mol. The van der Waals surface area contributed by atoms with Gasteiger partial charge in [0.25, 0.3) is 0 Å². The number of nitrogens with zero attached hydrogens (tertiary/aromatic N) is 4. The van der Waals surface area contributed by atoms with Gasteiger partial charge in [-0.05, 0) is 0 Å². The summed E-state index contributed by atoms with van der Waals surface area (Å²) in [5.41, 5.74) is 0. The van der Waals surface area contributed by atoms with Crippen LogP contribution >= 0.6 is 0 Å². The Balaban J connectivity index is 2.56. The minimum absolute atomic E-state index is 0.0282. The van der Waals surface area contributed by atoms with E-state index in [1.165, 1.54) is 0 Å². The Morgan fingerprint density at radius 3 is 2.50 bits per heavy atom. The molecule has 1 heterocycles. The van der Waals surface area contributed by atoms with Gasteiger partial charge in [-0.1, -0.05) is 0 Å². The van der Waals surface area contributed by atoms with Gasteiger partial charge in [-0.2, -0.15) is 15.0 Å². The lowest BCUT2D eigenvalue weighted by molar-refractivity contribution is 0.0991. The van der Waals surface area contributed by atoms with Crippen LogP contribution in [-0.4, -0.2) is 67.6 Å². The summed E-state index contributed by atoms with van der Waals surface area (Å²) in [5, 5.41) is 14.5. The Morgan fingerprint density at radius 1 is 1.17 bits per heavy atom. The molecule has 0 aliphatic heterocycles. The molecule has 0 radical (unpaired) electrons. The van der Waals surface area contributed by atoms with Crippen LogP contribution in [-0.2, 0) is 4.74 Å². The van der Waals surface area contributed by atoms with E-state index in [0.717, 1.165) is 0 Å². The summed E-state index contributed by atoms with van der Waals surface area (Å²) < 4.78 is 5.13. The van der Waals surface area contributed by atoms with Gasteiger partial charge in [0.1, 0.15) is 0 Å². The first-order valence-electron chi connectivity index (χ1n) is 5.71. The fourth-order valence-corrected chi connectivity index (χ4v) is 1.16. The van der Waals surface area contributed by atoms with Crippen LogP contribution in [0.2, 0.25) is 0 Å². The number of aliphatic hydroxyl groups excluding tert-OH is 1. The van der Waals surface area contributed by atoms with E-state index in [2.05, 4.69) is 25.6 Å². The quantitative estimate of drug-likeness (QED) is 0.531. The highest BCUT2D eigenvalue weighted by Gasteiger charge is 2.06. The zero-order valence-corrected chi connectivity index (χ0v) is 11.0. The predicted molar refractivity (Wildman–Crippen MR) is 70.1 cm³/mol. The third-order valence-corrected chi connectivity index (χ3v) is 2.01. The number of hydrogen-bond acceptors (Lipinski definition) is 8. The zero-order valence-electron chi connectivity index (χ0n) is 11.0. The predicted octanol–water partition coefficient (Wildman–Crippen LogP) is -0.600. The first-order valence-corrected chi connectivity index (χ1v) is 5.71. The minimum atomic E-state index is 0.0282. The van der Waals surface area contributed by atoms with Crippen LogP contribution in [0.25, 0.3) is 0 Å². The molecular weight excluding hydrogens is 236 g/mol. The average Bonchev–Trinajstić information content (AvgIpc) is 2.38. The fourth-order valence-electron chi connectivity index (χ4n) is 1.16. The molecule has 8 heteroatoms. The second-order valence-corrected chi connectivity index (χ2v) is 3.69. The van der Waals surface area contributed by atoms with E-state index in [1.54, 1.807) is 11.9 Å². The van der Waals surface area contributed by atoms with Crippen LogP contribution < -0.4 is 15.5 Å². The van der Waals surface area contributed by atoms with E-state index in [9.17, 15) is 0 Å². The molecule has 18 heavy (non-hydrogen) atoms. The van der Waals surface area contributed by atoms with Gasteiger partial charge in [0, 0.05) is 27.7 Å². The summed E-state index contributed by atoms with van der Waals surface area (Å²) in [6.07, 6.45) is 0. The highest BCUT2D eigenvalue weighted by molar-refractivity contribution is 5.42. The van der Waals surface area contributed by atoms with E-state index in [1.807, 2.05) is 14.1 Å². The van der Waals surface area contributed by atoms with Crippen molar-refractivity contribution in [3.8, 4) is 0 Å². The number of rotatable bonds is 8. The molecule has 0 amide bonds. The number of ether oxygens (including phenoxy) is 1. The molecule has 0 fully saturated rings. The van der Waals surface area contributed by atoms with Gasteiger partial charge in [0.05, 0.1) is 19.8 Å². The third kappa shape index (κ3) is 4.68. The molecule has 102 valence electrons. The summed E-state index contributed by atoms with van der Waals surface area (Å²) in [5.74, 6) is 1.58. The number of nitrogens with one attached hydrogen (secondary N) is 2. The molecule has 1 aromatic heterocycles. The molecule has 0 spiro atoms. The van der Waals surface area contributed by atoms with Gasteiger partial charge < -0.3 is 25.4 Å². The van der Waals surface area contributed by atoms with Crippen molar-refractivity contribution in [3.63, 3.8) is 0 Å². The normalized spacial score (nSPS) is 10.2. The van der Waals surface area contributed by atoms with Crippen molar-refractivity contribution in [2.24, 2.45) is 0 Å². The van der Waals surface area contributed by atoms with Gasteiger partial charge >= 0.3 is 0 Å². The minimum Gasteiger partial charge on any atom is -0.394 e. The van der Waals surface area contributed by atoms with E-state index in [4.69, 9.17) is 9.84 Å². The Kier molecular flexibility index (Phi) is 6.09. The van der Waals surface area contributed by atoms with E-state index < -0.39 is 0 Å². The highest BCUT2D eigenvalue weighted by Crippen LogP contribution is 2.10. The zero-order chi connectivity index (χ0) is 13.4. The van der Waals surface area contributed by atoms with Gasteiger partial charge in [0.2, 0.25) is 17.8 Å². The lowest BCUT2D eigenvalue weighted by Crippen LogP contribution is -2.18. The number of aliphatic hydroxyl groups is 1. The maximum Gasteiger partial charge on any atom is 0.231 e. The summed E-state index contributed by atoms with van der Waals surface area (Å²) in [7, 11) is 5.48. The second-order valence-electron chi connectivity index (χ2n) is 3.69. The molecule has 1 aromatic rings. The molecule has 0 aliphatic carbocycles. The Bertz CT molecular complexity index is 360. The van der Waals surface area contributed by atoms with Crippen LogP contribution in [0.1, 0.15) is 0 Å². The first-order chi connectivity index (χ1) is 8.67. The number of anilines is 3. The molecule has 8 nitrogen and oxygen atoms in total. The van der Waals surface area contributed by atoms with Crippen molar-refractivity contribution in [1.29, 1.82) is 0 Å². The molecule has 0 aromatic carbocycles. The van der Waals surface area contributed by atoms with Crippen molar-refractivity contribution in [2.75, 3.05) is 63.0 Å². The molecule has 0 unspecified atom stereocenters. The topological polar surface area (TPSA) is 95.4 Å². The van der Waals surface area contributed by atoms with Crippen LogP contribution in [0.5, 0.6) is 0 Å². The van der Waals surface area contributed by atoms with Crippen LogP contribution in [0.4, 0.5) is 17.8 Å². The lowest BCUT2D eigenvalue weighted by atomic mass is 10.6. The molecule has 0 atom stereocenters. The Hall–Kier alpha value is -1.67. The highest BCUT2D eigenvalue weighted by atomic mass is 16.5. The van der Waals surface area contributed by atoms with Gasteiger partial charge in [0.15, 0.2) is 0 Å². The van der Waals surface area contributed by atoms with E-state index in [0.29, 0.717) is 37.6 Å².